The molecule has 3 rings (SSSR count). The monoisotopic (exact) mass is 338 g/mol. The third-order valence-corrected chi connectivity index (χ3v) is 4.00. The maximum atomic E-state index is 12.9. The van der Waals surface area contributed by atoms with Crippen molar-refractivity contribution in [2.75, 3.05) is 6.61 Å². The Morgan fingerprint density at radius 3 is 2.52 bits per heavy atom. The molecule has 0 spiro atoms. The predicted molar refractivity (Wildman–Crippen MR) is 98.9 cm³/mol. The van der Waals surface area contributed by atoms with Crippen LogP contribution in [-0.2, 0) is 6.42 Å². The van der Waals surface area contributed by atoms with Gasteiger partial charge in [-0.05, 0) is 43.5 Å². The zero-order valence-corrected chi connectivity index (χ0v) is 14.8. The van der Waals surface area contributed by atoms with Gasteiger partial charge in [-0.15, -0.1) is 0 Å². The summed E-state index contributed by atoms with van der Waals surface area (Å²) >= 11 is 0. The molecule has 0 aliphatic rings. The minimum atomic E-state index is -0.167. The van der Waals surface area contributed by atoms with Gasteiger partial charge in [-0.1, -0.05) is 32.0 Å². The summed E-state index contributed by atoms with van der Waals surface area (Å²) in [6.07, 6.45) is 1.70. The lowest BCUT2D eigenvalue weighted by molar-refractivity contribution is 0.314. The van der Waals surface area contributed by atoms with Crippen LogP contribution in [0.1, 0.15) is 31.6 Å². The Morgan fingerprint density at radius 2 is 1.84 bits per heavy atom. The summed E-state index contributed by atoms with van der Waals surface area (Å²) in [5.41, 5.74) is 1.34. The Kier molecular flexibility index (Phi) is 5.08. The van der Waals surface area contributed by atoms with Gasteiger partial charge in [0.1, 0.15) is 22.8 Å². The lowest BCUT2D eigenvalue weighted by Crippen LogP contribution is -2.08. The van der Waals surface area contributed by atoms with E-state index < -0.39 is 0 Å². The van der Waals surface area contributed by atoms with E-state index in [0.717, 1.165) is 24.2 Å². The SMILES string of the molecule is CCCOc1cc2oc(C)c(Oc3ccccc3)c(=O)c2cc1CC. The number of aryl methyl sites for hydroxylation is 2. The highest BCUT2D eigenvalue weighted by molar-refractivity contribution is 5.81. The summed E-state index contributed by atoms with van der Waals surface area (Å²) in [5, 5.41) is 0.511. The first-order chi connectivity index (χ1) is 12.1. The Morgan fingerprint density at radius 1 is 1.08 bits per heavy atom. The number of fused-ring (bicyclic) bond motifs is 1. The lowest BCUT2D eigenvalue weighted by Gasteiger charge is -2.13. The van der Waals surface area contributed by atoms with Crippen LogP contribution in [0.5, 0.6) is 17.2 Å². The highest BCUT2D eigenvalue weighted by Gasteiger charge is 2.16. The molecule has 4 heteroatoms. The van der Waals surface area contributed by atoms with Crippen molar-refractivity contribution < 1.29 is 13.9 Å². The van der Waals surface area contributed by atoms with Crippen LogP contribution in [0.3, 0.4) is 0 Å². The molecule has 0 aliphatic carbocycles. The predicted octanol–water partition coefficient (Wildman–Crippen LogP) is 5.24. The Bertz CT molecular complexity index is 926. The fourth-order valence-electron chi connectivity index (χ4n) is 2.71. The van der Waals surface area contributed by atoms with E-state index in [1.165, 1.54) is 0 Å². The molecule has 0 bridgehead atoms. The Balaban J connectivity index is 2.11. The van der Waals surface area contributed by atoms with Crippen LogP contribution in [0.2, 0.25) is 0 Å². The molecule has 130 valence electrons. The van der Waals surface area contributed by atoms with Gasteiger partial charge in [0.05, 0.1) is 12.0 Å². The van der Waals surface area contributed by atoms with Crippen molar-refractivity contribution in [2.24, 2.45) is 0 Å². The van der Waals surface area contributed by atoms with E-state index in [-0.39, 0.29) is 11.2 Å². The van der Waals surface area contributed by atoms with Crippen LogP contribution >= 0.6 is 0 Å². The van der Waals surface area contributed by atoms with E-state index in [2.05, 4.69) is 6.92 Å². The van der Waals surface area contributed by atoms with E-state index in [9.17, 15) is 4.79 Å². The molecule has 0 saturated carbocycles. The molecule has 0 unspecified atom stereocenters. The average molecular weight is 338 g/mol. The third-order valence-electron chi connectivity index (χ3n) is 4.00. The van der Waals surface area contributed by atoms with Crippen LogP contribution in [0.4, 0.5) is 0 Å². The summed E-state index contributed by atoms with van der Waals surface area (Å²) < 4.78 is 17.4. The Labute approximate surface area is 147 Å². The first-order valence-electron chi connectivity index (χ1n) is 8.60. The minimum absolute atomic E-state index is 0.167. The average Bonchev–Trinajstić information content (AvgIpc) is 2.63. The van der Waals surface area contributed by atoms with Gasteiger partial charge in [-0.2, -0.15) is 0 Å². The molecule has 0 radical (unpaired) electrons. The van der Waals surface area contributed by atoms with Crippen LogP contribution in [0, 0.1) is 6.92 Å². The second kappa shape index (κ2) is 7.43. The number of ether oxygens (including phenoxy) is 2. The van der Waals surface area contributed by atoms with Gasteiger partial charge in [0.2, 0.25) is 11.2 Å². The van der Waals surface area contributed by atoms with Crippen molar-refractivity contribution in [1.29, 1.82) is 0 Å². The first kappa shape index (κ1) is 17.1. The summed E-state index contributed by atoms with van der Waals surface area (Å²) in [6.45, 7) is 6.47. The van der Waals surface area contributed by atoms with Crippen molar-refractivity contribution in [2.45, 2.75) is 33.6 Å². The molecule has 0 saturated heterocycles. The highest BCUT2D eigenvalue weighted by Crippen LogP contribution is 2.30. The molecule has 0 amide bonds. The number of hydrogen-bond donors (Lipinski definition) is 0. The second-order valence-corrected chi connectivity index (χ2v) is 5.89. The minimum Gasteiger partial charge on any atom is -0.493 e. The van der Waals surface area contributed by atoms with E-state index in [1.807, 2.05) is 49.4 Å². The number of para-hydroxylation sites is 1. The maximum absolute atomic E-state index is 12.9. The van der Waals surface area contributed by atoms with Crippen molar-refractivity contribution in [3.8, 4) is 17.2 Å². The van der Waals surface area contributed by atoms with Crippen molar-refractivity contribution >= 4 is 11.0 Å². The molecular formula is C21H22O4. The van der Waals surface area contributed by atoms with Crippen LogP contribution in [-0.4, -0.2) is 6.61 Å². The quantitative estimate of drug-likeness (QED) is 0.616. The maximum Gasteiger partial charge on any atom is 0.235 e. The van der Waals surface area contributed by atoms with Crippen LogP contribution < -0.4 is 14.9 Å². The van der Waals surface area contributed by atoms with Gasteiger partial charge in [0.15, 0.2) is 0 Å². The zero-order chi connectivity index (χ0) is 17.8. The lowest BCUT2D eigenvalue weighted by atomic mass is 10.1. The normalized spacial score (nSPS) is 10.8. The topological polar surface area (TPSA) is 48.7 Å². The highest BCUT2D eigenvalue weighted by atomic mass is 16.5. The standard InChI is InChI=1S/C21H22O4/c1-4-11-23-18-13-19-17(12-15(18)5-2)20(22)21(14(3)24-19)25-16-9-7-6-8-10-16/h6-10,12-13H,4-5,11H2,1-3H3. The largest absolute Gasteiger partial charge is 0.493 e. The van der Waals surface area contributed by atoms with E-state index in [0.29, 0.717) is 29.1 Å². The molecular weight excluding hydrogens is 316 g/mol. The van der Waals surface area contributed by atoms with E-state index in [4.69, 9.17) is 13.9 Å². The third kappa shape index (κ3) is 3.53. The molecule has 0 atom stereocenters. The van der Waals surface area contributed by atoms with Gasteiger partial charge in [-0.3, -0.25) is 4.79 Å². The summed E-state index contributed by atoms with van der Waals surface area (Å²) in [7, 11) is 0. The fraction of sp³-hybridized carbons (Fsp3) is 0.286. The van der Waals surface area contributed by atoms with Gasteiger partial charge in [0.25, 0.3) is 0 Å². The van der Waals surface area contributed by atoms with Gasteiger partial charge in [0, 0.05) is 6.07 Å². The smallest absolute Gasteiger partial charge is 0.235 e. The number of hydrogen-bond acceptors (Lipinski definition) is 4. The van der Waals surface area contributed by atoms with E-state index >= 15 is 0 Å². The molecule has 4 nitrogen and oxygen atoms in total. The zero-order valence-electron chi connectivity index (χ0n) is 14.8. The molecule has 1 aromatic heterocycles. The molecule has 25 heavy (non-hydrogen) atoms. The summed E-state index contributed by atoms with van der Waals surface area (Å²) in [5.74, 6) is 2.06. The molecule has 2 aromatic carbocycles. The first-order valence-corrected chi connectivity index (χ1v) is 8.60. The van der Waals surface area contributed by atoms with Crippen molar-refractivity contribution in [1.82, 2.24) is 0 Å². The van der Waals surface area contributed by atoms with Gasteiger partial charge >= 0.3 is 0 Å². The van der Waals surface area contributed by atoms with Gasteiger partial charge < -0.3 is 13.9 Å². The number of rotatable bonds is 6. The van der Waals surface area contributed by atoms with Crippen molar-refractivity contribution in [3.63, 3.8) is 0 Å². The van der Waals surface area contributed by atoms with Crippen molar-refractivity contribution in [3.05, 3.63) is 64.0 Å². The van der Waals surface area contributed by atoms with Crippen LogP contribution in [0.15, 0.2) is 51.7 Å². The van der Waals surface area contributed by atoms with E-state index in [1.54, 1.807) is 6.92 Å². The molecule has 0 fully saturated rings. The molecule has 1 heterocycles. The Hall–Kier alpha value is -2.75. The summed E-state index contributed by atoms with van der Waals surface area (Å²) in [4.78, 5) is 12.9. The fourth-order valence-corrected chi connectivity index (χ4v) is 2.71. The second-order valence-electron chi connectivity index (χ2n) is 5.89. The molecule has 0 aliphatic heterocycles. The van der Waals surface area contributed by atoms with Gasteiger partial charge in [-0.25, -0.2) is 0 Å². The number of benzene rings is 2. The summed E-state index contributed by atoms with van der Waals surface area (Å²) in [6, 6.07) is 12.9. The molecule has 0 N–H and O–H groups in total. The van der Waals surface area contributed by atoms with Crippen LogP contribution in [0.25, 0.3) is 11.0 Å². The molecule has 3 aromatic rings.